The van der Waals surface area contributed by atoms with Crippen LogP contribution in [0.15, 0.2) is 4.79 Å². The summed E-state index contributed by atoms with van der Waals surface area (Å²) in [7, 11) is 0. The van der Waals surface area contributed by atoms with Gasteiger partial charge in [-0.1, -0.05) is 6.92 Å². The van der Waals surface area contributed by atoms with Crippen molar-refractivity contribution in [3.63, 3.8) is 0 Å². The molecule has 0 saturated carbocycles. The Hall–Kier alpha value is -1.65. The van der Waals surface area contributed by atoms with Gasteiger partial charge in [-0.3, -0.25) is 14.6 Å². The molecule has 0 atom stereocenters. The van der Waals surface area contributed by atoms with Crippen LogP contribution in [0.3, 0.4) is 0 Å². The summed E-state index contributed by atoms with van der Waals surface area (Å²) in [6, 6.07) is 0. The van der Waals surface area contributed by atoms with Crippen LogP contribution < -0.4 is 10.5 Å². The summed E-state index contributed by atoms with van der Waals surface area (Å²) in [5.41, 5.74) is 1.44. The molecule has 92 valence electrons. The molecule has 0 aliphatic carbocycles. The van der Waals surface area contributed by atoms with Crippen molar-refractivity contribution in [2.45, 2.75) is 33.1 Å². The normalized spacial score (nSPS) is 16.4. The average molecular weight is 235 g/mol. The van der Waals surface area contributed by atoms with Gasteiger partial charge in [-0.2, -0.15) is 0 Å². The molecule has 0 bridgehead atoms. The zero-order valence-electron chi connectivity index (χ0n) is 10.2. The lowest BCUT2D eigenvalue weighted by molar-refractivity contribution is -0.119. The first kappa shape index (κ1) is 11.8. The number of hydrogen-bond donors (Lipinski definition) is 1. The lowest BCUT2D eigenvalue weighted by Gasteiger charge is -2.26. The van der Waals surface area contributed by atoms with Gasteiger partial charge < -0.3 is 4.90 Å². The molecule has 1 saturated heterocycles. The lowest BCUT2D eigenvalue weighted by Crippen LogP contribution is -2.36. The van der Waals surface area contributed by atoms with Gasteiger partial charge in [0.1, 0.15) is 5.78 Å². The Labute approximate surface area is 99.9 Å². The maximum atomic E-state index is 11.7. The molecule has 0 spiro atoms. The molecule has 0 amide bonds. The molecule has 2 heterocycles. The standard InChI is InChI=1S/C12H17N3O2/c1-3-10-8(2)11(17)14-12(13-10)15-6-4-9(16)5-7-15/h3-7H2,1-2H3,(H,13,14,17). The van der Waals surface area contributed by atoms with E-state index in [0.29, 0.717) is 37.4 Å². The molecule has 0 radical (unpaired) electrons. The van der Waals surface area contributed by atoms with Crippen molar-refractivity contribution in [1.29, 1.82) is 0 Å². The van der Waals surface area contributed by atoms with Gasteiger partial charge in [0.25, 0.3) is 5.56 Å². The summed E-state index contributed by atoms with van der Waals surface area (Å²) in [5, 5.41) is 0. The second kappa shape index (κ2) is 4.69. The highest BCUT2D eigenvalue weighted by atomic mass is 16.1. The number of carbonyl (C=O) groups excluding carboxylic acids is 1. The average Bonchev–Trinajstić information content (AvgIpc) is 2.33. The topological polar surface area (TPSA) is 66.1 Å². The largest absolute Gasteiger partial charge is 0.341 e. The molecule has 1 aliphatic heterocycles. The Kier molecular flexibility index (Phi) is 3.26. The number of piperidine rings is 1. The summed E-state index contributed by atoms with van der Waals surface area (Å²) < 4.78 is 0. The Morgan fingerprint density at radius 1 is 1.29 bits per heavy atom. The number of Topliss-reactive ketones (excluding diaryl/α,β-unsaturated/α-hetero) is 1. The van der Waals surface area contributed by atoms with E-state index in [1.54, 1.807) is 6.92 Å². The van der Waals surface area contributed by atoms with Gasteiger partial charge in [0, 0.05) is 31.5 Å². The fourth-order valence-corrected chi connectivity index (χ4v) is 2.03. The lowest BCUT2D eigenvalue weighted by atomic mass is 10.1. The summed E-state index contributed by atoms with van der Waals surface area (Å²) >= 11 is 0. The number of rotatable bonds is 2. The smallest absolute Gasteiger partial charge is 0.255 e. The number of aromatic nitrogens is 2. The van der Waals surface area contributed by atoms with E-state index < -0.39 is 0 Å². The number of nitrogens with one attached hydrogen (secondary N) is 1. The molecule has 0 unspecified atom stereocenters. The van der Waals surface area contributed by atoms with Crippen molar-refractivity contribution in [2.75, 3.05) is 18.0 Å². The van der Waals surface area contributed by atoms with Crippen molar-refractivity contribution in [3.8, 4) is 0 Å². The second-order valence-electron chi connectivity index (χ2n) is 4.34. The summed E-state index contributed by atoms with van der Waals surface area (Å²) in [6.45, 7) is 5.06. The van der Waals surface area contributed by atoms with Gasteiger partial charge in [0.2, 0.25) is 5.95 Å². The van der Waals surface area contributed by atoms with Crippen LogP contribution in [0.4, 0.5) is 5.95 Å². The zero-order valence-corrected chi connectivity index (χ0v) is 10.2. The Bertz CT molecular complexity index is 483. The highest BCUT2D eigenvalue weighted by Gasteiger charge is 2.19. The van der Waals surface area contributed by atoms with E-state index >= 15 is 0 Å². The highest BCUT2D eigenvalue weighted by Crippen LogP contribution is 2.13. The van der Waals surface area contributed by atoms with Crippen molar-refractivity contribution in [2.24, 2.45) is 0 Å². The number of hydrogen-bond acceptors (Lipinski definition) is 4. The van der Waals surface area contributed by atoms with E-state index in [1.807, 2.05) is 11.8 Å². The molecule has 17 heavy (non-hydrogen) atoms. The van der Waals surface area contributed by atoms with Gasteiger partial charge in [-0.15, -0.1) is 0 Å². The van der Waals surface area contributed by atoms with E-state index in [4.69, 9.17) is 0 Å². The van der Waals surface area contributed by atoms with Gasteiger partial charge in [0.05, 0.1) is 5.69 Å². The second-order valence-corrected chi connectivity index (χ2v) is 4.34. The third kappa shape index (κ3) is 2.38. The number of nitrogens with zero attached hydrogens (tertiary/aromatic N) is 2. The van der Waals surface area contributed by atoms with Crippen LogP contribution in [0.5, 0.6) is 0 Å². The number of anilines is 1. The molecule has 1 aliphatic rings. The first-order valence-corrected chi connectivity index (χ1v) is 5.98. The molecular formula is C12H17N3O2. The number of H-pyrrole nitrogens is 1. The van der Waals surface area contributed by atoms with Crippen molar-refractivity contribution >= 4 is 11.7 Å². The Balaban J connectivity index is 2.30. The van der Waals surface area contributed by atoms with Crippen LogP contribution in [0, 0.1) is 6.92 Å². The summed E-state index contributed by atoms with van der Waals surface area (Å²) in [6.07, 6.45) is 1.83. The highest BCUT2D eigenvalue weighted by molar-refractivity contribution is 5.80. The van der Waals surface area contributed by atoms with E-state index in [-0.39, 0.29) is 11.3 Å². The molecule has 5 nitrogen and oxygen atoms in total. The van der Waals surface area contributed by atoms with E-state index in [1.165, 1.54) is 0 Å². The number of ketones is 1. The molecular weight excluding hydrogens is 218 g/mol. The SMILES string of the molecule is CCc1nc(N2CCC(=O)CC2)[nH]c(=O)c1C. The van der Waals surface area contributed by atoms with Crippen LogP contribution in [-0.4, -0.2) is 28.8 Å². The predicted molar refractivity (Wildman–Crippen MR) is 65.4 cm³/mol. The van der Waals surface area contributed by atoms with Crippen molar-refractivity contribution < 1.29 is 4.79 Å². The Morgan fingerprint density at radius 2 is 1.94 bits per heavy atom. The Morgan fingerprint density at radius 3 is 2.53 bits per heavy atom. The van der Waals surface area contributed by atoms with E-state index in [0.717, 1.165) is 12.1 Å². The molecule has 1 aromatic heterocycles. The minimum absolute atomic E-state index is 0.0799. The molecule has 5 heteroatoms. The number of aromatic amines is 1. The molecule has 0 aromatic carbocycles. The molecule has 1 N–H and O–H groups in total. The van der Waals surface area contributed by atoms with Gasteiger partial charge in [-0.05, 0) is 13.3 Å². The van der Waals surface area contributed by atoms with Gasteiger partial charge in [-0.25, -0.2) is 4.98 Å². The molecule has 2 rings (SSSR count). The van der Waals surface area contributed by atoms with Crippen LogP contribution in [0.25, 0.3) is 0 Å². The quantitative estimate of drug-likeness (QED) is 0.823. The maximum absolute atomic E-state index is 11.7. The summed E-state index contributed by atoms with van der Waals surface area (Å²) in [5.74, 6) is 0.886. The first-order valence-electron chi connectivity index (χ1n) is 5.98. The monoisotopic (exact) mass is 235 g/mol. The third-order valence-corrected chi connectivity index (χ3v) is 3.20. The number of aryl methyl sites for hydroxylation is 1. The first-order chi connectivity index (χ1) is 8.11. The maximum Gasteiger partial charge on any atom is 0.255 e. The fraction of sp³-hybridized carbons (Fsp3) is 0.583. The predicted octanol–water partition coefficient (Wildman–Crippen LogP) is 0.810. The van der Waals surface area contributed by atoms with E-state index in [9.17, 15) is 9.59 Å². The van der Waals surface area contributed by atoms with Crippen molar-refractivity contribution in [1.82, 2.24) is 9.97 Å². The van der Waals surface area contributed by atoms with Crippen LogP contribution >= 0.6 is 0 Å². The molecule has 1 fully saturated rings. The van der Waals surface area contributed by atoms with Crippen molar-refractivity contribution in [3.05, 3.63) is 21.6 Å². The minimum Gasteiger partial charge on any atom is -0.341 e. The van der Waals surface area contributed by atoms with Gasteiger partial charge in [0.15, 0.2) is 0 Å². The van der Waals surface area contributed by atoms with E-state index in [2.05, 4.69) is 9.97 Å². The van der Waals surface area contributed by atoms with Crippen LogP contribution in [0.2, 0.25) is 0 Å². The molecule has 1 aromatic rings. The third-order valence-electron chi connectivity index (χ3n) is 3.20. The van der Waals surface area contributed by atoms with Crippen LogP contribution in [0.1, 0.15) is 31.0 Å². The minimum atomic E-state index is -0.0799. The number of carbonyl (C=O) groups is 1. The fourth-order valence-electron chi connectivity index (χ4n) is 2.03. The zero-order chi connectivity index (χ0) is 12.4. The summed E-state index contributed by atoms with van der Waals surface area (Å²) in [4.78, 5) is 32.1. The van der Waals surface area contributed by atoms with Gasteiger partial charge >= 0.3 is 0 Å². The van der Waals surface area contributed by atoms with Crippen LogP contribution in [-0.2, 0) is 11.2 Å².